The molecule has 14 heavy (non-hydrogen) atoms. The van der Waals surface area contributed by atoms with Crippen molar-refractivity contribution in [3.05, 3.63) is 43.4 Å². The number of rotatable bonds is 2. The Morgan fingerprint density at radius 1 is 1.43 bits per heavy atom. The van der Waals surface area contributed by atoms with Crippen LogP contribution in [0.3, 0.4) is 0 Å². The van der Waals surface area contributed by atoms with E-state index in [9.17, 15) is 0 Å². The van der Waals surface area contributed by atoms with Crippen LogP contribution in [0, 0.1) is 0 Å². The molecule has 2 rings (SSSR count). The number of furan rings is 1. The number of halogens is 2. The van der Waals surface area contributed by atoms with Gasteiger partial charge in [-0.3, -0.25) is 0 Å². The number of nitrogens with two attached hydrogens (primary N) is 1. The molecule has 74 valence electrons. The van der Waals surface area contributed by atoms with Crippen LogP contribution in [0.2, 0.25) is 0 Å². The standard InChI is InChI=1S/C9H7Br2NOS/c10-5-3-7(14-4-5)8(12)9-6(11)1-2-13-9/h1-4,8H,12H2. The smallest absolute Gasteiger partial charge is 0.139 e. The van der Waals surface area contributed by atoms with E-state index in [4.69, 9.17) is 10.2 Å². The van der Waals surface area contributed by atoms with Crippen molar-refractivity contribution >= 4 is 43.2 Å². The average Bonchev–Trinajstić information content (AvgIpc) is 2.73. The molecule has 1 atom stereocenters. The largest absolute Gasteiger partial charge is 0.466 e. The van der Waals surface area contributed by atoms with Crippen LogP contribution >= 0.6 is 43.2 Å². The summed E-state index contributed by atoms with van der Waals surface area (Å²) in [5.74, 6) is 0.763. The molecule has 0 bridgehead atoms. The van der Waals surface area contributed by atoms with Gasteiger partial charge in [-0.2, -0.15) is 0 Å². The molecule has 0 aliphatic rings. The highest BCUT2D eigenvalue weighted by Crippen LogP contribution is 2.32. The number of hydrogen-bond acceptors (Lipinski definition) is 3. The zero-order valence-corrected chi connectivity index (χ0v) is 11.0. The maximum Gasteiger partial charge on any atom is 0.139 e. The van der Waals surface area contributed by atoms with Crippen molar-refractivity contribution in [2.75, 3.05) is 0 Å². The molecule has 2 nitrogen and oxygen atoms in total. The van der Waals surface area contributed by atoms with Crippen LogP contribution in [0.4, 0.5) is 0 Å². The molecule has 0 aliphatic carbocycles. The number of hydrogen-bond donors (Lipinski definition) is 1. The maximum absolute atomic E-state index is 6.04. The van der Waals surface area contributed by atoms with Crippen LogP contribution in [-0.4, -0.2) is 0 Å². The lowest BCUT2D eigenvalue weighted by molar-refractivity contribution is 0.489. The first-order valence-electron chi connectivity index (χ1n) is 3.91. The maximum atomic E-state index is 6.04. The molecule has 2 N–H and O–H groups in total. The van der Waals surface area contributed by atoms with Gasteiger partial charge in [-0.05, 0) is 44.0 Å². The summed E-state index contributed by atoms with van der Waals surface area (Å²) in [5.41, 5.74) is 6.04. The minimum Gasteiger partial charge on any atom is -0.466 e. The minimum absolute atomic E-state index is 0.198. The molecule has 0 aliphatic heterocycles. The van der Waals surface area contributed by atoms with Gasteiger partial charge in [0.25, 0.3) is 0 Å². The Morgan fingerprint density at radius 2 is 2.21 bits per heavy atom. The molecule has 0 amide bonds. The van der Waals surface area contributed by atoms with E-state index < -0.39 is 0 Å². The SMILES string of the molecule is NC(c1cc(Br)cs1)c1occc1Br. The molecule has 0 saturated carbocycles. The van der Waals surface area contributed by atoms with E-state index in [0.717, 1.165) is 19.6 Å². The predicted octanol–water partition coefficient (Wildman–Crippen LogP) is 3.91. The highest BCUT2D eigenvalue weighted by Gasteiger charge is 2.16. The third kappa shape index (κ3) is 1.95. The Balaban J connectivity index is 2.33. The molecule has 0 aromatic carbocycles. The van der Waals surface area contributed by atoms with Gasteiger partial charge in [0.2, 0.25) is 0 Å². The van der Waals surface area contributed by atoms with Crippen molar-refractivity contribution in [1.29, 1.82) is 0 Å². The van der Waals surface area contributed by atoms with Crippen molar-refractivity contribution < 1.29 is 4.42 Å². The normalized spacial score (nSPS) is 13.1. The third-order valence-electron chi connectivity index (χ3n) is 1.82. The Morgan fingerprint density at radius 3 is 2.71 bits per heavy atom. The third-order valence-corrected chi connectivity index (χ3v) is 4.25. The summed E-state index contributed by atoms with van der Waals surface area (Å²) >= 11 is 8.40. The van der Waals surface area contributed by atoms with Gasteiger partial charge in [-0.1, -0.05) is 0 Å². The molecule has 0 radical (unpaired) electrons. The molecular formula is C9H7Br2NOS. The molecular weight excluding hydrogens is 330 g/mol. The van der Waals surface area contributed by atoms with E-state index in [0.29, 0.717) is 0 Å². The van der Waals surface area contributed by atoms with E-state index in [-0.39, 0.29) is 6.04 Å². The van der Waals surface area contributed by atoms with Crippen LogP contribution in [0.5, 0.6) is 0 Å². The van der Waals surface area contributed by atoms with Crippen LogP contribution < -0.4 is 5.73 Å². The lowest BCUT2D eigenvalue weighted by atomic mass is 10.2. The van der Waals surface area contributed by atoms with Crippen LogP contribution in [-0.2, 0) is 0 Å². The summed E-state index contributed by atoms with van der Waals surface area (Å²) < 4.78 is 7.27. The van der Waals surface area contributed by atoms with E-state index in [1.165, 1.54) is 0 Å². The Kier molecular flexibility index (Phi) is 3.11. The summed E-state index contributed by atoms with van der Waals surface area (Å²) in [6.07, 6.45) is 1.63. The molecule has 0 saturated heterocycles. The van der Waals surface area contributed by atoms with Crippen LogP contribution in [0.1, 0.15) is 16.7 Å². The second kappa shape index (κ2) is 4.18. The summed E-state index contributed by atoms with van der Waals surface area (Å²) in [5, 5.41) is 2.01. The van der Waals surface area contributed by atoms with Gasteiger partial charge in [0.15, 0.2) is 0 Å². The van der Waals surface area contributed by atoms with Crippen molar-refractivity contribution in [1.82, 2.24) is 0 Å². The highest BCUT2D eigenvalue weighted by atomic mass is 79.9. The molecule has 5 heteroatoms. The first kappa shape index (κ1) is 10.4. The molecule has 2 heterocycles. The second-order valence-electron chi connectivity index (χ2n) is 2.78. The van der Waals surface area contributed by atoms with Gasteiger partial charge in [-0.15, -0.1) is 11.3 Å². The van der Waals surface area contributed by atoms with Gasteiger partial charge in [0.1, 0.15) is 5.76 Å². The Bertz CT molecular complexity index is 437. The van der Waals surface area contributed by atoms with E-state index in [1.807, 2.05) is 17.5 Å². The lowest BCUT2D eigenvalue weighted by Gasteiger charge is -2.06. The van der Waals surface area contributed by atoms with Crippen molar-refractivity contribution in [3.63, 3.8) is 0 Å². The topological polar surface area (TPSA) is 39.2 Å². The van der Waals surface area contributed by atoms with Crippen LogP contribution in [0.25, 0.3) is 0 Å². The fourth-order valence-corrected chi connectivity index (χ4v) is 3.04. The molecule has 0 fully saturated rings. The fraction of sp³-hybridized carbons (Fsp3) is 0.111. The monoisotopic (exact) mass is 335 g/mol. The molecule has 2 aromatic heterocycles. The molecule has 0 spiro atoms. The first-order valence-corrected chi connectivity index (χ1v) is 6.37. The average molecular weight is 337 g/mol. The quantitative estimate of drug-likeness (QED) is 0.902. The summed E-state index contributed by atoms with van der Waals surface area (Å²) in [6.45, 7) is 0. The molecule has 1 unspecified atom stereocenters. The Labute approximate surface area is 102 Å². The zero-order chi connectivity index (χ0) is 10.1. The van der Waals surface area contributed by atoms with E-state index in [1.54, 1.807) is 17.6 Å². The number of thiophene rings is 1. The van der Waals surface area contributed by atoms with Gasteiger partial charge < -0.3 is 10.2 Å². The minimum atomic E-state index is -0.198. The first-order chi connectivity index (χ1) is 6.68. The summed E-state index contributed by atoms with van der Waals surface area (Å²) in [7, 11) is 0. The van der Waals surface area contributed by atoms with Gasteiger partial charge >= 0.3 is 0 Å². The summed E-state index contributed by atoms with van der Waals surface area (Å²) in [6, 6.07) is 3.65. The Hall–Kier alpha value is -0.100. The van der Waals surface area contributed by atoms with Gasteiger partial charge in [0.05, 0.1) is 16.8 Å². The molecule has 2 aromatic rings. The van der Waals surface area contributed by atoms with E-state index >= 15 is 0 Å². The van der Waals surface area contributed by atoms with Gasteiger partial charge in [0, 0.05) is 14.7 Å². The second-order valence-corrected chi connectivity index (χ2v) is 5.49. The van der Waals surface area contributed by atoms with Crippen molar-refractivity contribution in [2.24, 2.45) is 5.73 Å². The fourth-order valence-electron chi connectivity index (χ4n) is 1.15. The van der Waals surface area contributed by atoms with Gasteiger partial charge in [-0.25, -0.2) is 0 Å². The zero-order valence-electron chi connectivity index (χ0n) is 7.04. The van der Waals surface area contributed by atoms with Crippen molar-refractivity contribution in [2.45, 2.75) is 6.04 Å². The summed E-state index contributed by atoms with van der Waals surface area (Å²) in [4.78, 5) is 1.08. The highest BCUT2D eigenvalue weighted by molar-refractivity contribution is 9.10. The van der Waals surface area contributed by atoms with Crippen molar-refractivity contribution in [3.8, 4) is 0 Å². The predicted molar refractivity (Wildman–Crippen MR) is 64.5 cm³/mol. The van der Waals surface area contributed by atoms with E-state index in [2.05, 4.69) is 31.9 Å². The lowest BCUT2D eigenvalue weighted by Crippen LogP contribution is -2.09. The van der Waals surface area contributed by atoms with Crippen LogP contribution in [0.15, 0.2) is 37.1 Å².